The van der Waals surface area contributed by atoms with Gasteiger partial charge in [-0.3, -0.25) is 5.10 Å². The molecule has 0 amide bonds. The first kappa shape index (κ1) is 19.8. The molecule has 1 aromatic heterocycles. The number of nitrogens with one attached hydrogen (secondary N) is 1. The third kappa shape index (κ3) is 3.55. The minimum atomic E-state index is -0.526. The van der Waals surface area contributed by atoms with Crippen LogP contribution in [0.3, 0.4) is 0 Å². The van der Waals surface area contributed by atoms with Crippen molar-refractivity contribution in [3.8, 4) is 11.6 Å². The molecular formula is C20H25N3O5. The van der Waals surface area contributed by atoms with Gasteiger partial charge in [-0.25, -0.2) is 4.79 Å². The highest BCUT2D eigenvalue weighted by Gasteiger charge is 2.39. The molecular weight excluding hydrogens is 362 g/mol. The number of carbonyl (C=O) groups is 1. The van der Waals surface area contributed by atoms with Crippen LogP contribution >= 0.6 is 0 Å². The molecule has 8 heteroatoms. The van der Waals surface area contributed by atoms with Gasteiger partial charge in [0.1, 0.15) is 11.3 Å². The van der Waals surface area contributed by atoms with E-state index >= 15 is 0 Å². The van der Waals surface area contributed by atoms with Crippen molar-refractivity contribution in [2.24, 2.45) is 5.73 Å². The predicted molar refractivity (Wildman–Crippen MR) is 102 cm³/mol. The second kappa shape index (κ2) is 8.35. The van der Waals surface area contributed by atoms with Crippen molar-refractivity contribution in [2.75, 3.05) is 20.3 Å². The number of H-pyrrole nitrogens is 1. The number of aromatic nitrogens is 2. The Hall–Kier alpha value is -3.00. The first-order chi connectivity index (χ1) is 13.5. The number of rotatable bonds is 7. The molecule has 28 heavy (non-hydrogen) atoms. The Balaban J connectivity index is 2.24. The summed E-state index contributed by atoms with van der Waals surface area (Å²) in [6.45, 7) is 6.64. The zero-order valence-corrected chi connectivity index (χ0v) is 16.5. The molecule has 0 aliphatic carbocycles. The summed E-state index contributed by atoms with van der Waals surface area (Å²) in [5.41, 5.74) is 9.61. The first-order valence-corrected chi connectivity index (χ1v) is 9.15. The largest absolute Gasteiger partial charge is 0.494 e. The summed E-state index contributed by atoms with van der Waals surface area (Å²) >= 11 is 0. The van der Waals surface area contributed by atoms with Crippen molar-refractivity contribution in [3.63, 3.8) is 0 Å². The first-order valence-electron chi connectivity index (χ1n) is 9.15. The topological polar surface area (TPSA) is 109 Å². The fraction of sp³-hybridized carbons (Fsp3) is 0.400. The molecule has 0 bridgehead atoms. The molecule has 150 valence electrons. The average molecular weight is 387 g/mol. The Bertz CT molecular complexity index is 903. The molecule has 3 N–H and O–H groups in total. The number of hydrogen-bond donors (Lipinski definition) is 2. The van der Waals surface area contributed by atoms with Crippen LogP contribution in [0.5, 0.6) is 11.6 Å². The lowest BCUT2D eigenvalue weighted by Gasteiger charge is -2.28. The zero-order chi connectivity index (χ0) is 20.3. The van der Waals surface area contributed by atoms with Gasteiger partial charge < -0.3 is 24.7 Å². The molecule has 1 atom stereocenters. The number of benzene rings is 1. The lowest BCUT2D eigenvalue weighted by molar-refractivity contribution is -0.139. The van der Waals surface area contributed by atoms with Crippen molar-refractivity contribution >= 4 is 5.97 Å². The molecule has 0 spiro atoms. The fourth-order valence-electron chi connectivity index (χ4n) is 3.40. The predicted octanol–water partition coefficient (Wildman–Crippen LogP) is 2.52. The summed E-state index contributed by atoms with van der Waals surface area (Å²) < 4.78 is 21.9. The summed E-state index contributed by atoms with van der Waals surface area (Å²) in [7, 11) is 1.62. The van der Waals surface area contributed by atoms with Crippen LogP contribution in [-0.4, -0.2) is 36.5 Å². The third-order valence-corrected chi connectivity index (χ3v) is 4.54. The van der Waals surface area contributed by atoms with Crippen molar-refractivity contribution in [2.45, 2.75) is 33.3 Å². The Morgan fingerprint density at radius 2 is 2.11 bits per heavy atom. The molecule has 2 heterocycles. The smallest absolute Gasteiger partial charge is 0.340 e. The molecule has 0 saturated carbocycles. The van der Waals surface area contributed by atoms with Crippen LogP contribution < -0.4 is 15.2 Å². The normalized spacial score (nSPS) is 15.8. The van der Waals surface area contributed by atoms with Crippen molar-refractivity contribution in [1.29, 1.82) is 0 Å². The number of nitrogens with two attached hydrogens (primary N) is 1. The molecule has 1 aliphatic heterocycles. The van der Waals surface area contributed by atoms with E-state index in [-0.39, 0.29) is 18.1 Å². The zero-order valence-electron chi connectivity index (χ0n) is 16.5. The fourth-order valence-corrected chi connectivity index (χ4v) is 3.40. The molecule has 1 aliphatic rings. The van der Waals surface area contributed by atoms with Crippen LogP contribution in [0.1, 0.15) is 42.1 Å². The maximum Gasteiger partial charge on any atom is 0.340 e. The molecule has 1 unspecified atom stereocenters. The van der Waals surface area contributed by atoms with Gasteiger partial charge in [0.25, 0.3) is 0 Å². The number of aryl methyl sites for hydroxylation is 1. The maximum atomic E-state index is 12.8. The molecule has 0 fully saturated rings. The molecule has 0 saturated heterocycles. The van der Waals surface area contributed by atoms with Gasteiger partial charge >= 0.3 is 5.97 Å². The van der Waals surface area contributed by atoms with E-state index in [0.717, 1.165) is 22.4 Å². The number of carbonyl (C=O) groups excluding carboxylic acids is 1. The Labute approximate surface area is 163 Å². The highest BCUT2D eigenvalue weighted by atomic mass is 16.5. The number of esters is 1. The van der Waals surface area contributed by atoms with E-state index in [0.29, 0.717) is 24.8 Å². The quantitative estimate of drug-likeness (QED) is 0.703. The number of hydrogen-bond acceptors (Lipinski definition) is 7. The second-order valence-electron chi connectivity index (χ2n) is 6.33. The minimum Gasteiger partial charge on any atom is -0.494 e. The van der Waals surface area contributed by atoms with Gasteiger partial charge in [-0.05, 0) is 44.0 Å². The van der Waals surface area contributed by atoms with E-state index in [1.165, 1.54) is 0 Å². The van der Waals surface area contributed by atoms with Gasteiger partial charge in [0, 0.05) is 18.4 Å². The summed E-state index contributed by atoms with van der Waals surface area (Å²) in [5, 5.41) is 7.09. The monoisotopic (exact) mass is 387 g/mol. The SMILES string of the molecule is CCOC(=O)C1=C(N)Oc2n[nH]c(C)c2C1c1cc(OCC)ccc1COC. The molecule has 3 rings (SSSR count). The van der Waals surface area contributed by atoms with E-state index in [9.17, 15) is 4.79 Å². The van der Waals surface area contributed by atoms with Gasteiger partial charge in [-0.1, -0.05) is 6.07 Å². The van der Waals surface area contributed by atoms with Crippen LogP contribution in [0, 0.1) is 6.92 Å². The Morgan fingerprint density at radius 3 is 2.79 bits per heavy atom. The number of ether oxygens (including phenoxy) is 4. The van der Waals surface area contributed by atoms with Gasteiger partial charge in [0.05, 0.1) is 25.7 Å². The standard InChI is InChI=1S/C20H25N3O5/c1-5-26-13-8-7-12(10-25-4)14(9-13)16-15-11(3)22-23-19(15)28-18(21)17(16)20(24)27-6-2/h7-9,16H,5-6,10,21H2,1-4H3,(H,22,23). The molecule has 2 aromatic rings. The molecule has 0 radical (unpaired) electrons. The second-order valence-corrected chi connectivity index (χ2v) is 6.33. The van der Waals surface area contributed by atoms with E-state index < -0.39 is 11.9 Å². The lowest BCUT2D eigenvalue weighted by Crippen LogP contribution is -2.28. The van der Waals surface area contributed by atoms with Crippen LogP contribution in [-0.2, 0) is 20.9 Å². The van der Waals surface area contributed by atoms with Crippen molar-refractivity contribution in [3.05, 3.63) is 52.0 Å². The number of nitrogens with zero attached hydrogens (tertiary/aromatic N) is 1. The summed E-state index contributed by atoms with van der Waals surface area (Å²) in [6.07, 6.45) is 0. The van der Waals surface area contributed by atoms with Crippen LogP contribution in [0.15, 0.2) is 29.7 Å². The number of fused-ring (bicyclic) bond motifs is 1. The van der Waals surface area contributed by atoms with E-state index in [1.54, 1.807) is 14.0 Å². The Morgan fingerprint density at radius 1 is 1.32 bits per heavy atom. The summed E-state index contributed by atoms with van der Waals surface area (Å²) in [5.74, 6) is -0.0345. The molecule has 8 nitrogen and oxygen atoms in total. The highest BCUT2D eigenvalue weighted by molar-refractivity contribution is 5.92. The van der Waals surface area contributed by atoms with Crippen molar-refractivity contribution < 1.29 is 23.7 Å². The van der Waals surface area contributed by atoms with Crippen LogP contribution in [0.2, 0.25) is 0 Å². The van der Waals surface area contributed by atoms with Gasteiger partial charge in [-0.15, -0.1) is 5.10 Å². The summed E-state index contributed by atoms with van der Waals surface area (Å²) in [6, 6.07) is 5.70. The van der Waals surface area contributed by atoms with E-state index in [1.807, 2.05) is 32.0 Å². The summed E-state index contributed by atoms with van der Waals surface area (Å²) in [4.78, 5) is 12.8. The third-order valence-electron chi connectivity index (χ3n) is 4.54. The van der Waals surface area contributed by atoms with Crippen LogP contribution in [0.25, 0.3) is 0 Å². The van der Waals surface area contributed by atoms with E-state index in [4.69, 9.17) is 24.7 Å². The number of methoxy groups -OCH3 is 1. The van der Waals surface area contributed by atoms with Gasteiger partial charge in [0.2, 0.25) is 11.8 Å². The molecule has 1 aromatic carbocycles. The number of aromatic amines is 1. The maximum absolute atomic E-state index is 12.8. The lowest BCUT2D eigenvalue weighted by atomic mass is 9.81. The average Bonchev–Trinajstić information content (AvgIpc) is 3.03. The van der Waals surface area contributed by atoms with Gasteiger partial charge in [-0.2, -0.15) is 0 Å². The minimum absolute atomic E-state index is 0.0207. The Kier molecular flexibility index (Phi) is 5.89. The van der Waals surface area contributed by atoms with Crippen LogP contribution in [0.4, 0.5) is 0 Å². The van der Waals surface area contributed by atoms with Gasteiger partial charge in [0.15, 0.2) is 0 Å². The van der Waals surface area contributed by atoms with E-state index in [2.05, 4.69) is 10.2 Å². The highest BCUT2D eigenvalue weighted by Crippen LogP contribution is 2.45. The van der Waals surface area contributed by atoms with Crippen molar-refractivity contribution in [1.82, 2.24) is 10.2 Å².